The molecule has 0 aromatic carbocycles. The van der Waals surface area contributed by atoms with Crippen LogP contribution in [0.25, 0.3) is 0 Å². The molecule has 114 valence electrons. The number of nitrogens with zero attached hydrogens (tertiary/aromatic N) is 3. The van der Waals surface area contributed by atoms with Gasteiger partial charge in [0.25, 0.3) is 5.91 Å². The molecule has 0 N–H and O–H groups in total. The molecule has 2 heterocycles. The van der Waals surface area contributed by atoms with E-state index in [1.165, 1.54) is 12.8 Å². The van der Waals surface area contributed by atoms with Crippen molar-refractivity contribution >= 4 is 23.3 Å². The van der Waals surface area contributed by atoms with Gasteiger partial charge in [0.2, 0.25) is 0 Å². The summed E-state index contributed by atoms with van der Waals surface area (Å²) in [5.41, 5.74) is 0.547. The van der Waals surface area contributed by atoms with Gasteiger partial charge < -0.3 is 14.5 Å². The Morgan fingerprint density at radius 1 is 1.48 bits per heavy atom. The number of rotatable bonds is 4. The SMILES string of the molecule is CN(CC1CC1)c1ncc(C(=O)N2CCOCC2)cc1Cl. The van der Waals surface area contributed by atoms with E-state index in [1.807, 2.05) is 7.05 Å². The van der Waals surface area contributed by atoms with Gasteiger partial charge in [-0.3, -0.25) is 4.79 Å². The summed E-state index contributed by atoms with van der Waals surface area (Å²) in [6, 6.07) is 1.73. The molecule has 0 spiro atoms. The molecule has 5 nitrogen and oxygen atoms in total. The largest absolute Gasteiger partial charge is 0.378 e. The third kappa shape index (κ3) is 3.47. The first kappa shape index (κ1) is 14.6. The predicted octanol–water partition coefficient (Wildman–Crippen LogP) is 2.05. The average Bonchev–Trinajstić information content (AvgIpc) is 3.31. The molecule has 1 saturated heterocycles. The molecule has 2 fully saturated rings. The molecule has 1 aliphatic heterocycles. The summed E-state index contributed by atoms with van der Waals surface area (Å²) < 4.78 is 5.26. The van der Waals surface area contributed by atoms with Gasteiger partial charge in [0.1, 0.15) is 5.82 Å². The Kier molecular flexibility index (Phi) is 4.31. The minimum Gasteiger partial charge on any atom is -0.378 e. The van der Waals surface area contributed by atoms with Crippen LogP contribution in [0.5, 0.6) is 0 Å². The lowest BCUT2D eigenvalue weighted by molar-refractivity contribution is 0.0302. The fourth-order valence-electron chi connectivity index (χ4n) is 2.55. The maximum Gasteiger partial charge on any atom is 0.255 e. The van der Waals surface area contributed by atoms with Crippen molar-refractivity contribution in [1.82, 2.24) is 9.88 Å². The third-order valence-corrected chi connectivity index (χ3v) is 4.24. The minimum absolute atomic E-state index is 0.0240. The Balaban J connectivity index is 1.71. The van der Waals surface area contributed by atoms with Crippen molar-refractivity contribution in [3.63, 3.8) is 0 Å². The zero-order chi connectivity index (χ0) is 14.8. The number of hydrogen-bond acceptors (Lipinski definition) is 4. The summed E-state index contributed by atoms with van der Waals surface area (Å²) in [5.74, 6) is 1.49. The van der Waals surface area contributed by atoms with E-state index in [1.54, 1.807) is 17.2 Å². The summed E-state index contributed by atoms with van der Waals surface area (Å²) in [6.45, 7) is 3.41. The lowest BCUT2D eigenvalue weighted by Crippen LogP contribution is -2.40. The van der Waals surface area contributed by atoms with E-state index in [0.29, 0.717) is 36.9 Å². The van der Waals surface area contributed by atoms with Crippen molar-refractivity contribution in [1.29, 1.82) is 0 Å². The molecule has 0 radical (unpaired) electrons. The van der Waals surface area contributed by atoms with E-state index < -0.39 is 0 Å². The van der Waals surface area contributed by atoms with Crippen molar-refractivity contribution in [2.45, 2.75) is 12.8 Å². The molecule has 1 aliphatic carbocycles. The number of ether oxygens (including phenoxy) is 1. The van der Waals surface area contributed by atoms with Crippen LogP contribution >= 0.6 is 11.6 Å². The summed E-state index contributed by atoms with van der Waals surface area (Å²) in [6.07, 6.45) is 4.20. The topological polar surface area (TPSA) is 45.7 Å². The number of carbonyl (C=O) groups is 1. The highest BCUT2D eigenvalue weighted by molar-refractivity contribution is 6.33. The Morgan fingerprint density at radius 3 is 2.81 bits per heavy atom. The monoisotopic (exact) mass is 309 g/mol. The Bertz CT molecular complexity index is 528. The predicted molar refractivity (Wildman–Crippen MR) is 82.0 cm³/mol. The lowest BCUT2D eigenvalue weighted by Gasteiger charge is -2.27. The second-order valence-corrected chi connectivity index (χ2v) is 6.17. The number of hydrogen-bond donors (Lipinski definition) is 0. The van der Waals surface area contributed by atoms with Crippen molar-refractivity contribution < 1.29 is 9.53 Å². The quantitative estimate of drug-likeness (QED) is 0.854. The zero-order valence-corrected chi connectivity index (χ0v) is 13.0. The van der Waals surface area contributed by atoms with Crippen LogP contribution in [-0.4, -0.2) is 55.7 Å². The maximum absolute atomic E-state index is 12.4. The van der Waals surface area contributed by atoms with Gasteiger partial charge in [-0.05, 0) is 24.8 Å². The van der Waals surface area contributed by atoms with Crippen molar-refractivity contribution in [2.24, 2.45) is 5.92 Å². The van der Waals surface area contributed by atoms with E-state index in [-0.39, 0.29) is 5.91 Å². The molecule has 1 aromatic heterocycles. The number of amides is 1. The number of anilines is 1. The standard InChI is InChI=1S/C15H20ClN3O2/c1-18(10-11-2-3-11)14-13(16)8-12(9-17-14)15(20)19-4-6-21-7-5-19/h8-9,11H,2-7,10H2,1H3. The first-order chi connectivity index (χ1) is 10.1. The molecular formula is C15H20ClN3O2. The number of aromatic nitrogens is 1. The number of morpholine rings is 1. The molecule has 1 amide bonds. The lowest BCUT2D eigenvalue weighted by atomic mass is 10.2. The van der Waals surface area contributed by atoms with E-state index in [9.17, 15) is 4.79 Å². The Hall–Kier alpha value is -1.33. The van der Waals surface area contributed by atoms with Gasteiger partial charge in [-0.2, -0.15) is 0 Å². The number of halogens is 1. The highest BCUT2D eigenvalue weighted by Crippen LogP contribution is 2.32. The summed E-state index contributed by atoms with van der Waals surface area (Å²) in [5, 5.41) is 0.539. The van der Waals surface area contributed by atoms with Crippen LogP contribution in [-0.2, 0) is 4.74 Å². The average molecular weight is 310 g/mol. The van der Waals surface area contributed by atoms with E-state index >= 15 is 0 Å². The minimum atomic E-state index is -0.0240. The Labute approximate surface area is 129 Å². The second kappa shape index (κ2) is 6.20. The molecule has 0 bridgehead atoms. The Morgan fingerprint density at radius 2 is 2.19 bits per heavy atom. The van der Waals surface area contributed by atoms with Crippen LogP contribution in [0.2, 0.25) is 5.02 Å². The highest BCUT2D eigenvalue weighted by atomic mass is 35.5. The van der Waals surface area contributed by atoms with Crippen molar-refractivity contribution in [2.75, 3.05) is 44.8 Å². The normalized spacial score (nSPS) is 18.7. The maximum atomic E-state index is 12.4. The van der Waals surface area contributed by atoms with Crippen LogP contribution in [0, 0.1) is 5.92 Å². The van der Waals surface area contributed by atoms with Crippen molar-refractivity contribution in [3.8, 4) is 0 Å². The van der Waals surface area contributed by atoms with Crippen LogP contribution < -0.4 is 4.90 Å². The van der Waals surface area contributed by atoms with Crippen LogP contribution in [0.3, 0.4) is 0 Å². The number of carbonyl (C=O) groups excluding carboxylic acids is 1. The first-order valence-corrected chi connectivity index (χ1v) is 7.76. The molecule has 1 saturated carbocycles. The molecule has 3 rings (SSSR count). The summed E-state index contributed by atoms with van der Waals surface area (Å²) in [7, 11) is 2.00. The molecule has 0 unspecified atom stereocenters. The van der Waals surface area contributed by atoms with Gasteiger partial charge >= 0.3 is 0 Å². The molecule has 6 heteroatoms. The van der Waals surface area contributed by atoms with Crippen LogP contribution in [0.15, 0.2) is 12.3 Å². The number of pyridine rings is 1. The first-order valence-electron chi connectivity index (χ1n) is 7.39. The van der Waals surface area contributed by atoms with E-state index in [0.717, 1.165) is 18.3 Å². The van der Waals surface area contributed by atoms with Crippen molar-refractivity contribution in [3.05, 3.63) is 22.8 Å². The zero-order valence-electron chi connectivity index (χ0n) is 12.2. The molecule has 2 aliphatic rings. The van der Waals surface area contributed by atoms with Gasteiger partial charge in [-0.1, -0.05) is 11.6 Å². The van der Waals surface area contributed by atoms with E-state index in [2.05, 4.69) is 9.88 Å². The van der Waals surface area contributed by atoms with Crippen LogP contribution in [0.4, 0.5) is 5.82 Å². The van der Waals surface area contributed by atoms with Gasteiger partial charge in [0.05, 0.1) is 23.8 Å². The van der Waals surface area contributed by atoms with E-state index in [4.69, 9.17) is 16.3 Å². The fourth-order valence-corrected chi connectivity index (χ4v) is 2.86. The van der Waals surface area contributed by atoms with Gasteiger partial charge in [0, 0.05) is 32.9 Å². The molecule has 1 aromatic rings. The molecule has 0 atom stereocenters. The van der Waals surface area contributed by atoms with Gasteiger partial charge in [-0.25, -0.2) is 4.98 Å². The summed E-state index contributed by atoms with van der Waals surface area (Å²) >= 11 is 6.31. The van der Waals surface area contributed by atoms with Gasteiger partial charge in [0.15, 0.2) is 0 Å². The second-order valence-electron chi connectivity index (χ2n) is 5.76. The van der Waals surface area contributed by atoms with Gasteiger partial charge in [-0.15, -0.1) is 0 Å². The third-order valence-electron chi connectivity index (χ3n) is 3.96. The molecular weight excluding hydrogens is 290 g/mol. The van der Waals surface area contributed by atoms with Crippen LogP contribution in [0.1, 0.15) is 23.2 Å². The fraction of sp³-hybridized carbons (Fsp3) is 0.600. The smallest absolute Gasteiger partial charge is 0.255 e. The highest BCUT2D eigenvalue weighted by Gasteiger charge is 2.25. The molecule has 21 heavy (non-hydrogen) atoms. The summed E-state index contributed by atoms with van der Waals surface area (Å²) in [4.78, 5) is 20.6.